The van der Waals surface area contributed by atoms with Gasteiger partial charge >= 0.3 is 0 Å². The summed E-state index contributed by atoms with van der Waals surface area (Å²) in [5, 5.41) is 0.266. The topological polar surface area (TPSA) is 49.3 Å². The maximum atomic E-state index is 13.5. The number of aromatic nitrogens is 2. The number of carbonyl (C=O) groups excluding carboxylic acids is 1. The molecule has 1 fully saturated rings. The second-order valence-electron chi connectivity index (χ2n) is 6.77. The van der Waals surface area contributed by atoms with Crippen molar-refractivity contribution >= 4 is 29.1 Å². The van der Waals surface area contributed by atoms with E-state index in [0.717, 1.165) is 37.2 Å². The number of hydrogen-bond acceptors (Lipinski definition) is 4. The molecule has 2 heterocycles. The van der Waals surface area contributed by atoms with E-state index >= 15 is 0 Å². The van der Waals surface area contributed by atoms with Crippen LogP contribution in [0.25, 0.3) is 0 Å². The largest absolute Gasteiger partial charge is 0.341 e. The Hall–Kier alpha value is -2.92. The van der Waals surface area contributed by atoms with Crippen LogP contribution in [0, 0.1) is 0 Å². The Balaban J connectivity index is 1.70. The van der Waals surface area contributed by atoms with E-state index in [0.29, 0.717) is 12.5 Å². The first kappa shape index (κ1) is 18.4. The van der Waals surface area contributed by atoms with Crippen molar-refractivity contribution in [3.05, 3.63) is 83.1 Å². The Labute approximate surface area is 169 Å². The van der Waals surface area contributed by atoms with Gasteiger partial charge in [-0.3, -0.25) is 4.79 Å². The average molecular weight is 393 g/mol. The number of halogens is 1. The van der Waals surface area contributed by atoms with E-state index in [1.807, 2.05) is 60.7 Å². The van der Waals surface area contributed by atoms with E-state index in [2.05, 4.69) is 14.9 Å². The third kappa shape index (κ3) is 3.99. The van der Waals surface area contributed by atoms with Crippen LogP contribution in [-0.4, -0.2) is 29.0 Å². The Morgan fingerprint density at radius 1 is 1.00 bits per heavy atom. The van der Waals surface area contributed by atoms with Crippen LogP contribution in [0.5, 0.6) is 0 Å². The summed E-state index contributed by atoms with van der Waals surface area (Å²) >= 11 is 6.34. The van der Waals surface area contributed by atoms with Crippen molar-refractivity contribution in [1.29, 1.82) is 0 Å². The van der Waals surface area contributed by atoms with Crippen LogP contribution in [0.15, 0.2) is 66.9 Å². The van der Waals surface area contributed by atoms with Crippen LogP contribution < -0.4 is 9.80 Å². The fourth-order valence-corrected chi connectivity index (χ4v) is 3.53. The molecule has 1 saturated heterocycles. The molecule has 3 aromatic rings. The minimum atomic E-state index is -0.233. The molecule has 0 atom stereocenters. The van der Waals surface area contributed by atoms with E-state index in [-0.39, 0.29) is 16.6 Å². The van der Waals surface area contributed by atoms with Gasteiger partial charge in [0.2, 0.25) is 5.95 Å². The molecule has 0 saturated carbocycles. The predicted octanol–water partition coefficient (Wildman–Crippen LogP) is 4.58. The molecule has 0 bridgehead atoms. The normalized spacial score (nSPS) is 13.5. The highest BCUT2D eigenvalue weighted by Gasteiger charge is 2.24. The van der Waals surface area contributed by atoms with E-state index in [9.17, 15) is 4.79 Å². The molecule has 1 aliphatic rings. The molecule has 0 spiro atoms. The molecule has 142 valence electrons. The summed E-state index contributed by atoms with van der Waals surface area (Å²) in [5.74, 6) is 0.334. The van der Waals surface area contributed by atoms with E-state index in [1.54, 1.807) is 4.90 Å². The van der Waals surface area contributed by atoms with Gasteiger partial charge in [-0.2, -0.15) is 0 Å². The maximum Gasteiger partial charge on any atom is 0.278 e. The Kier molecular flexibility index (Phi) is 5.53. The molecule has 1 amide bonds. The average Bonchev–Trinajstić information content (AvgIpc) is 3.28. The zero-order valence-electron chi connectivity index (χ0n) is 15.5. The minimum Gasteiger partial charge on any atom is -0.341 e. The fraction of sp³-hybridized carbons (Fsp3) is 0.227. The third-order valence-corrected chi connectivity index (χ3v) is 5.10. The van der Waals surface area contributed by atoms with Crippen LogP contribution in [0.3, 0.4) is 0 Å². The van der Waals surface area contributed by atoms with Gasteiger partial charge in [-0.05, 0) is 30.5 Å². The standard InChI is InChI=1S/C22H21ClN4O/c23-19-15-24-22(26-13-7-8-14-26)25-20(19)21(28)27(18-11-5-2-6-12-18)16-17-9-3-1-4-10-17/h1-6,9-12,15H,7-8,13-14,16H2. The summed E-state index contributed by atoms with van der Waals surface area (Å²) in [6.45, 7) is 2.24. The van der Waals surface area contributed by atoms with Crippen LogP contribution in [0.1, 0.15) is 28.9 Å². The maximum absolute atomic E-state index is 13.5. The molecule has 6 heteroatoms. The summed E-state index contributed by atoms with van der Waals surface area (Å²) in [4.78, 5) is 26.1. The quantitative estimate of drug-likeness (QED) is 0.637. The van der Waals surface area contributed by atoms with Crippen molar-refractivity contribution < 1.29 is 4.79 Å². The fourth-order valence-electron chi connectivity index (χ4n) is 3.36. The van der Waals surface area contributed by atoms with E-state index in [1.165, 1.54) is 6.20 Å². The molecule has 1 aromatic heterocycles. The molecule has 1 aliphatic heterocycles. The number of rotatable bonds is 5. The van der Waals surface area contributed by atoms with Gasteiger partial charge in [0.1, 0.15) is 0 Å². The van der Waals surface area contributed by atoms with Gasteiger partial charge in [0.15, 0.2) is 5.69 Å². The van der Waals surface area contributed by atoms with Gasteiger partial charge in [0.25, 0.3) is 5.91 Å². The van der Waals surface area contributed by atoms with Crippen molar-refractivity contribution in [3.8, 4) is 0 Å². The lowest BCUT2D eigenvalue weighted by molar-refractivity contribution is 0.0980. The zero-order chi connectivity index (χ0) is 19.3. The molecule has 2 aromatic carbocycles. The number of anilines is 2. The lowest BCUT2D eigenvalue weighted by Crippen LogP contribution is -2.32. The second-order valence-corrected chi connectivity index (χ2v) is 7.18. The Morgan fingerprint density at radius 3 is 2.32 bits per heavy atom. The smallest absolute Gasteiger partial charge is 0.278 e. The molecular weight excluding hydrogens is 372 g/mol. The molecule has 5 nitrogen and oxygen atoms in total. The summed E-state index contributed by atoms with van der Waals surface area (Å²) in [5.41, 5.74) is 2.07. The van der Waals surface area contributed by atoms with E-state index in [4.69, 9.17) is 11.6 Å². The zero-order valence-corrected chi connectivity index (χ0v) is 16.2. The summed E-state index contributed by atoms with van der Waals surface area (Å²) in [6.07, 6.45) is 3.75. The minimum absolute atomic E-state index is 0.233. The number of carbonyl (C=O) groups is 1. The molecule has 0 unspecified atom stereocenters. The van der Waals surface area contributed by atoms with Crippen molar-refractivity contribution in [3.63, 3.8) is 0 Å². The Morgan fingerprint density at radius 2 is 1.64 bits per heavy atom. The van der Waals surface area contributed by atoms with Crippen LogP contribution in [-0.2, 0) is 6.54 Å². The first-order valence-corrected chi connectivity index (χ1v) is 9.78. The van der Waals surface area contributed by atoms with Gasteiger partial charge in [-0.1, -0.05) is 60.1 Å². The molecule has 0 N–H and O–H groups in total. The van der Waals surface area contributed by atoms with Crippen LogP contribution >= 0.6 is 11.6 Å². The molecule has 0 aliphatic carbocycles. The lowest BCUT2D eigenvalue weighted by Gasteiger charge is -2.24. The first-order chi connectivity index (χ1) is 13.7. The second kappa shape index (κ2) is 8.40. The highest BCUT2D eigenvalue weighted by molar-refractivity contribution is 6.34. The predicted molar refractivity (Wildman–Crippen MR) is 112 cm³/mol. The number of hydrogen-bond donors (Lipinski definition) is 0. The number of benzene rings is 2. The number of amides is 1. The van der Waals surface area contributed by atoms with Gasteiger partial charge in [0.05, 0.1) is 17.8 Å². The monoisotopic (exact) mass is 392 g/mol. The Bertz CT molecular complexity index is 943. The summed E-state index contributed by atoms with van der Waals surface area (Å²) in [6, 6.07) is 19.5. The van der Waals surface area contributed by atoms with Gasteiger partial charge in [0, 0.05) is 18.8 Å². The molecular formula is C22H21ClN4O. The number of para-hydroxylation sites is 1. The molecule has 28 heavy (non-hydrogen) atoms. The van der Waals surface area contributed by atoms with Crippen molar-refractivity contribution in [2.75, 3.05) is 22.9 Å². The van der Waals surface area contributed by atoms with Crippen molar-refractivity contribution in [1.82, 2.24) is 9.97 Å². The highest BCUT2D eigenvalue weighted by atomic mass is 35.5. The number of nitrogens with zero attached hydrogens (tertiary/aromatic N) is 4. The molecule has 4 rings (SSSR count). The van der Waals surface area contributed by atoms with Gasteiger partial charge < -0.3 is 9.80 Å². The first-order valence-electron chi connectivity index (χ1n) is 9.41. The third-order valence-electron chi connectivity index (χ3n) is 4.82. The van der Waals surface area contributed by atoms with E-state index < -0.39 is 0 Å². The van der Waals surface area contributed by atoms with Gasteiger partial charge in [-0.15, -0.1) is 0 Å². The summed E-state index contributed by atoms with van der Waals surface area (Å²) in [7, 11) is 0. The van der Waals surface area contributed by atoms with Crippen LogP contribution in [0.2, 0.25) is 5.02 Å². The SMILES string of the molecule is O=C(c1nc(N2CCCC2)ncc1Cl)N(Cc1ccccc1)c1ccccc1. The lowest BCUT2D eigenvalue weighted by atomic mass is 10.2. The van der Waals surface area contributed by atoms with Gasteiger partial charge in [-0.25, -0.2) is 9.97 Å². The van der Waals surface area contributed by atoms with Crippen molar-refractivity contribution in [2.45, 2.75) is 19.4 Å². The highest BCUT2D eigenvalue weighted by Crippen LogP contribution is 2.25. The van der Waals surface area contributed by atoms with Crippen molar-refractivity contribution in [2.24, 2.45) is 0 Å². The molecule has 0 radical (unpaired) electrons. The summed E-state index contributed by atoms with van der Waals surface area (Å²) < 4.78 is 0. The van der Waals surface area contributed by atoms with Crippen LogP contribution in [0.4, 0.5) is 11.6 Å².